The fourth-order valence-corrected chi connectivity index (χ4v) is 4.29. The van der Waals surface area contributed by atoms with Crippen LogP contribution in [0.4, 0.5) is 11.6 Å². The van der Waals surface area contributed by atoms with Crippen molar-refractivity contribution in [1.82, 2.24) is 19.7 Å². The van der Waals surface area contributed by atoms with Gasteiger partial charge in [0.1, 0.15) is 11.6 Å². The molecule has 31 heavy (non-hydrogen) atoms. The summed E-state index contributed by atoms with van der Waals surface area (Å²) >= 11 is 6.74. The van der Waals surface area contributed by atoms with E-state index in [0.29, 0.717) is 33.1 Å². The number of carbonyl (C=O) groups excluding carboxylic acids is 1. The van der Waals surface area contributed by atoms with Crippen LogP contribution in [0, 0.1) is 12.8 Å². The minimum Gasteiger partial charge on any atom is -0.383 e. The Morgan fingerprint density at radius 2 is 2.06 bits per heavy atom. The van der Waals surface area contributed by atoms with E-state index in [0.717, 1.165) is 23.1 Å². The molecule has 1 aliphatic rings. The maximum Gasteiger partial charge on any atom is 0.229 e. The summed E-state index contributed by atoms with van der Waals surface area (Å²) in [6, 6.07) is 9.63. The van der Waals surface area contributed by atoms with E-state index >= 15 is 0 Å². The number of fused-ring (bicyclic) bond motifs is 1. The van der Waals surface area contributed by atoms with Crippen molar-refractivity contribution in [2.45, 2.75) is 19.3 Å². The number of nitrogens with one attached hydrogen (secondary N) is 1. The zero-order valence-electron chi connectivity index (χ0n) is 17.1. The zero-order valence-corrected chi connectivity index (χ0v) is 17.9. The predicted molar refractivity (Wildman–Crippen MR) is 122 cm³/mol. The Kier molecular flexibility index (Phi) is 4.63. The van der Waals surface area contributed by atoms with Crippen molar-refractivity contribution in [3.05, 3.63) is 65.1 Å². The van der Waals surface area contributed by atoms with Gasteiger partial charge in [-0.15, -0.1) is 0 Å². The van der Waals surface area contributed by atoms with Crippen LogP contribution >= 0.6 is 11.6 Å². The molecule has 8 heteroatoms. The lowest BCUT2D eigenvalue weighted by Gasteiger charge is -2.13. The van der Waals surface area contributed by atoms with Crippen molar-refractivity contribution in [3.8, 4) is 11.3 Å². The fraction of sp³-hybridized carbons (Fsp3) is 0.217. The first kappa shape index (κ1) is 19.5. The van der Waals surface area contributed by atoms with Gasteiger partial charge in [0.2, 0.25) is 5.91 Å². The fourth-order valence-electron chi connectivity index (χ4n) is 3.99. The topological polar surface area (TPSA) is 98.7 Å². The summed E-state index contributed by atoms with van der Waals surface area (Å²) in [7, 11) is 1.87. The van der Waals surface area contributed by atoms with E-state index < -0.39 is 0 Å². The van der Waals surface area contributed by atoms with Gasteiger partial charge in [-0.05, 0) is 36.5 Å². The molecule has 1 aromatic carbocycles. The maximum absolute atomic E-state index is 12.7. The first-order valence-electron chi connectivity index (χ1n) is 10.0. The van der Waals surface area contributed by atoms with Crippen molar-refractivity contribution in [2.24, 2.45) is 13.0 Å². The molecule has 0 radical (unpaired) electrons. The van der Waals surface area contributed by atoms with Crippen LogP contribution in [0.15, 0.2) is 48.9 Å². The molecule has 156 valence electrons. The lowest BCUT2D eigenvalue weighted by molar-refractivity contribution is -0.117. The minimum atomic E-state index is -0.0813. The van der Waals surface area contributed by atoms with Gasteiger partial charge in [-0.25, -0.2) is 9.97 Å². The second kappa shape index (κ2) is 7.35. The Morgan fingerprint density at radius 1 is 1.26 bits per heavy atom. The molecule has 0 saturated heterocycles. The Hall–Kier alpha value is -3.45. The zero-order chi connectivity index (χ0) is 21.7. The monoisotopic (exact) mass is 432 g/mol. The van der Waals surface area contributed by atoms with Gasteiger partial charge >= 0.3 is 0 Å². The number of hydrogen-bond acceptors (Lipinski definition) is 5. The minimum absolute atomic E-state index is 0.0574. The number of carbonyl (C=O) groups is 1. The van der Waals surface area contributed by atoms with Gasteiger partial charge in [-0.3, -0.25) is 9.48 Å². The Morgan fingerprint density at radius 3 is 2.81 bits per heavy atom. The number of halogens is 1. The predicted octanol–water partition coefficient (Wildman–Crippen LogP) is 4.32. The normalized spacial score (nSPS) is 17.6. The first-order chi connectivity index (χ1) is 14.9. The van der Waals surface area contributed by atoms with E-state index in [1.54, 1.807) is 16.9 Å². The largest absolute Gasteiger partial charge is 0.383 e. The third kappa shape index (κ3) is 3.51. The van der Waals surface area contributed by atoms with Crippen LogP contribution in [0.1, 0.15) is 23.5 Å². The van der Waals surface area contributed by atoms with Crippen LogP contribution in [0.5, 0.6) is 0 Å². The van der Waals surface area contributed by atoms with Crippen LogP contribution in [0.2, 0.25) is 5.02 Å². The van der Waals surface area contributed by atoms with Crippen LogP contribution < -0.4 is 11.1 Å². The van der Waals surface area contributed by atoms with E-state index in [2.05, 4.69) is 20.4 Å². The summed E-state index contributed by atoms with van der Waals surface area (Å²) in [5.74, 6) is 0.852. The molecule has 1 fully saturated rings. The number of aromatic nitrogens is 4. The smallest absolute Gasteiger partial charge is 0.229 e. The molecule has 3 aromatic heterocycles. The third-order valence-corrected chi connectivity index (χ3v) is 6.17. The van der Waals surface area contributed by atoms with Gasteiger partial charge in [0.15, 0.2) is 0 Å². The van der Waals surface area contributed by atoms with Crippen LogP contribution in [-0.2, 0) is 11.8 Å². The highest BCUT2D eigenvalue weighted by Crippen LogP contribution is 2.48. The van der Waals surface area contributed by atoms with Crippen LogP contribution in [-0.4, -0.2) is 25.7 Å². The average molecular weight is 433 g/mol. The number of benzene rings is 1. The van der Waals surface area contributed by atoms with Crippen molar-refractivity contribution >= 4 is 39.9 Å². The molecule has 3 N–H and O–H groups in total. The van der Waals surface area contributed by atoms with Gasteiger partial charge < -0.3 is 11.1 Å². The molecule has 5 rings (SSSR count). The molecule has 0 aliphatic heterocycles. The summed E-state index contributed by atoms with van der Waals surface area (Å²) in [6.45, 7) is 2.00. The molecule has 3 heterocycles. The Balaban J connectivity index is 1.45. The third-order valence-electron chi connectivity index (χ3n) is 5.79. The Labute approximate surface area is 184 Å². The molecule has 1 aliphatic carbocycles. The second-order valence-corrected chi connectivity index (χ2v) is 8.35. The molecule has 7 nitrogen and oxygen atoms in total. The molecule has 1 saturated carbocycles. The van der Waals surface area contributed by atoms with Crippen molar-refractivity contribution in [1.29, 1.82) is 0 Å². The van der Waals surface area contributed by atoms with E-state index in [4.69, 9.17) is 17.3 Å². The summed E-state index contributed by atoms with van der Waals surface area (Å²) < 4.78 is 1.75. The van der Waals surface area contributed by atoms with E-state index in [1.807, 2.05) is 50.6 Å². The molecular formula is C23H21ClN6O. The molecular weight excluding hydrogens is 412 g/mol. The lowest BCUT2D eigenvalue weighted by atomic mass is 10.0. The van der Waals surface area contributed by atoms with E-state index in [9.17, 15) is 4.79 Å². The highest BCUT2D eigenvalue weighted by Gasteiger charge is 2.44. The van der Waals surface area contributed by atoms with Gasteiger partial charge in [-0.2, -0.15) is 5.10 Å². The lowest BCUT2D eigenvalue weighted by Crippen LogP contribution is -2.15. The number of anilines is 2. The standard InChI is InChI=1S/C23H21ClN6O/c1-12-5-3-4-6-14(12)21-20(24)16-8-19(26-10-18(16)22(25)29-21)28-23(31)17-7-15(17)13-9-27-30(2)11-13/h3-6,8-11,15,17H,7H2,1-2H3,(H2,25,29)(H,26,28,31)/t15-,17+/m0/s1. The summed E-state index contributed by atoms with van der Waals surface area (Å²) in [5.41, 5.74) is 9.87. The molecule has 1 amide bonds. The Bertz CT molecular complexity index is 1330. The first-order valence-corrected chi connectivity index (χ1v) is 10.4. The number of hydrogen-bond donors (Lipinski definition) is 2. The van der Waals surface area contributed by atoms with Crippen molar-refractivity contribution < 1.29 is 4.79 Å². The quantitative estimate of drug-likeness (QED) is 0.500. The molecule has 0 spiro atoms. The number of pyridine rings is 2. The number of rotatable bonds is 4. The molecule has 2 atom stereocenters. The number of aryl methyl sites for hydroxylation is 2. The number of nitrogens with zero attached hydrogens (tertiary/aromatic N) is 4. The summed E-state index contributed by atoms with van der Waals surface area (Å²) in [5, 5.41) is 8.95. The van der Waals surface area contributed by atoms with Gasteiger partial charge in [0.05, 0.1) is 16.9 Å². The number of nitrogen functional groups attached to an aromatic ring is 1. The van der Waals surface area contributed by atoms with Crippen molar-refractivity contribution in [3.63, 3.8) is 0 Å². The summed E-state index contributed by atoms with van der Waals surface area (Å²) in [6.07, 6.45) is 6.18. The van der Waals surface area contributed by atoms with Crippen LogP contribution in [0.3, 0.4) is 0 Å². The molecule has 4 aromatic rings. The molecule has 0 bridgehead atoms. The number of amides is 1. The highest BCUT2D eigenvalue weighted by molar-refractivity contribution is 6.38. The van der Waals surface area contributed by atoms with E-state index in [1.165, 1.54) is 0 Å². The molecule has 0 unspecified atom stereocenters. The van der Waals surface area contributed by atoms with Crippen LogP contribution in [0.25, 0.3) is 22.0 Å². The average Bonchev–Trinajstić information content (AvgIpc) is 3.45. The van der Waals surface area contributed by atoms with Crippen molar-refractivity contribution in [2.75, 3.05) is 11.1 Å². The highest BCUT2D eigenvalue weighted by atomic mass is 35.5. The maximum atomic E-state index is 12.7. The number of nitrogens with two attached hydrogens (primary N) is 1. The second-order valence-electron chi connectivity index (χ2n) is 7.97. The van der Waals surface area contributed by atoms with Gasteiger partial charge in [-0.1, -0.05) is 35.9 Å². The van der Waals surface area contributed by atoms with Gasteiger partial charge in [0, 0.05) is 41.7 Å². The van der Waals surface area contributed by atoms with E-state index in [-0.39, 0.29) is 17.7 Å². The van der Waals surface area contributed by atoms with Gasteiger partial charge in [0.25, 0.3) is 0 Å². The SMILES string of the molecule is Cc1ccccc1-c1nc(N)c2cnc(NC(=O)[C@@H]3C[C@H]3c3cnn(C)c3)cc2c1Cl. The summed E-state index contributed by atoms with van der Waals surface area (Å²) in [4.78, 5) is 21.6.